The molecule has 3 aromatic rings. The molecule has 5 nitrogen and oxygen atoms in total. The number of carbonyl (C=O) groups is 1. The molecule has 1 fully saturated rings. The Labute approximate surface area is 156 Å². The van der Waals surface area contributed by atoms with Crippen molar-refractivity contribution in [3.63, 3.8) is 0 Å². The van der Waals surface area contributed by atoms with Gasteiger partial charge < -0.3 is 4.42 Å². The fourth-order valence-electron chi connectivity index (χ4n) is 2.34. The van der Waals surface area contributed by atoms with Gasteiger partial charge in [0.25, 0.3) is 5.91 Å². The molecule has 1 amide bonds. The summed E-state index contributed by atoms with van der Waals surface area (Å²) in [6.07, 6.45) is 3.25. The summed E-state index contributed by atoms with van der Waals surface area (Å²) in [5.74, 6) is 0.932. The zero-order valence-corrected chi connectivity index (χ0v) is 15.0. The molecular weight excluding hydrogens is 378 g/mol. The fraction of sp³-hybridized carbons (Fsp3) is 0. The second-order valence-electron chi connectivity index (χ2n) is 5.08. The van der Waals surface area contributed by atoms with Gasteiger partial charge in [0, 0.05) is 28.2 Å². The number of halogens is 1. The number of thiazole rings is 1. The molecule has 1 saturated heterocycles. The smallest absolute Gasteiger partial charge is 0.273 e. The van der Waals surface area contributed by atoms with Crippen LogP contribution < -0.4 is 4.90 Å². The Bertz CT molecular complexity index is 995. The number of nitrogens with one attached hydrogen (secondary N) is 1. The van der Waals surface area contributed by atoms with E-state index in [4.69, 9.17) is 21.4 Å². The molecule has 0 bridgehead atoms. The number of amidine groups is 1. The lowest BCUT2D eigenvalue weighted by Gasteiger charge is -2.08. The average Bonchev–Trinajstić information content (AvgIpc) is 3.30. The van der Waals surface area contributed by atoms with Crippen LogP contribution in [0.3, 0.4) is 0 Å². The Morgan fingerprint density at radius 2 is 2.16 bits per heavy atom. The van der Waals surface area contributed by atoms with Crippen molar-refractivity contribution in [2.24, 2.45) is 0 Å². The molecular formula is C17H10ClN3O2S2. The number of nitrogens with zero attached hydrogens (tertiary/aromatic N) is 2. The van der Waals surface area contributed by atoms with Crippen molar-refractivity contribution in [2.75, 3.05) is 4.90 Å². The van der Waals surface area contributed by atoms with Crippen molar-refractivity contribution in [3.05, 3.63) is 63.7 Å². The van der Waals surface area contributed by atoms with Crippen molar-refractivity contribution < 1.29 is 9.21 Å². The van der Waals surface area contributed by atoms with Crippen LogP contribution in [0.25, 0.3) is 17.4 Å². The van der Waals surface area contributed by atoms with Gasteiger partial charge in [0.2, 0.25) is 0 Å². The maximum atomic E-state index is 12.5. The first-order valence-electron chi connectivity index (χ1n) is 7.19. The minimum Gasteiger partial charge on any atom is -0.457 e. The normalized spacial score (nSPS) is 16.2. The number of rotatable bonds is 3. The molecule has 124 valence electrons. The summed E-state index contributed by atoms with van der Waals surface area (Å²) >= 11 is 8.41. The third-order valence-corrected chi connectivity index (χ3v) is 5.32. The van der Waals surface area contributed by atoms with Gasteiger partial charge in [-0.2, -0.15) is 0 Å². The first kappa shape index (κ1) is 16.1. The minimum absolute atomic E-state index is 0.132. The highest BCUT2D eigenvalue weighted by atomic mass is 35.5. The lowest BCUT2D eigenvalue weighted by Crippen LogP contribution is -2.27. The standard InChI is InChI=1S/C17H10ClN3O2S2/c18-11-3-1-2-10(8-11)13-5-4-12(23-13)9-14-15(22)21(16(19)25-14)17-20-6-7-24-17/h1-9,19H. The van der Waals surface area contributed by atoms with Crippen molar-refractivity contribution in [1.82, 2.24) is 4.98 Å². The molecule has 1 aliphatic rings. The highest BCUT2D eigenvalue weighted by molar-refractivity contribution is 8.19. The summed E-state index contributed by atoms with van der Waals surface area (Å²) in [7, 11) is 0. The lowest BCUT2D eigenvalue weighted by atomic mass is 10.2. The molecule has 0 spiro atoms. The lowest BCUT2D eigenvalue weighted by molar-refractivity contribution is -0.113. The van der Waals surface area contributed by atoms with Crippen molar-refractivity contribution in [1.29, 1.82) is 5.41 Å². The van der Waals surface area contributed by atoms with Gasteiger partial charge in [0.15, 0.2) is 10.3 Å². The molecule has 25 heavy (non-hydrogen) atoms. The van der Waals surface area contributed by atoms with Crippen LogP contribution in [-0.4, -0.2) is 16.1 Å². The second-order valence-corrected chi connectivity index (χ2v) is 7.42. The van der Waals surface area contributed by atoms with Crippen LogP contribution in [0.4, 0.5) is 5.13 Å². The first-order chi connectivity index (χ1) is 12.1. The summed E-state index contributed by atoms with van der Waals surface area (Å²) < 4.78 is 5.79. The SMILES string of the molecule is N=C1SC(=Cc2ccc(-c3cccc(Cl)c3)o2)C(=O)N1c1nccs1. The van der Waals surface area contributed by atoms with E-state index in [1.165, 1.54) is 16.2 Å². The Morgan fingerprint density at radius 3 is 2.92 bits per heavy atom. The quantitative estimate of drug-likeness (QED) is 0.634. The van der Waals surface area contributed by atoms with Gasteiger partial charge in [-0.15, -0.1) is 11.3 Å². The van der Waals surface area contributed by atoms with E-state index in [1.54, 1.807) is 29.8 Å². The van der Waals surface area contributed by atoms with E-state index in [0.29, 0.717) is 26.6 Å². The summed E-state index contributed by atoms with van der Waals surface area (Å²) in [5.41, 5.74) is 0.861. The molecule has 1 aromatic carbocycles. The Hall–Kier alpha value is -2.35. The van der Waals surface area contributed by atoms with Crippen LogP contribution in [0.5, 0.6) is 0 Å². The average molecular weight is 388 g/mol. The van der Waals surface area contributed by atoms with E-state index < -0.39 is 0 Å². The van der Waals surface area contributed by atoms with Gasteiger partial charge in [0.05, 0.1) is 4.91 Å². The van der Waals surface area contributed by atoms with Gasteiger partial charge in [-0.25, -0.2) is 9.88 Å². The molecule has 8 heteroatoms. The molecule has 0 atom stereocenters. The van der Waals surface area contributed by atoms with Crippen molar-refractivity contribution >= 4 is 57.0 Å². The number of thioether (sulfide) groups is 1. The third kappa shape index (κ3) is 3.13. The van der Waals surface area contributed by atoms with Crippen LogP contribution in [0.2, 0.25) is 5.02 Å². The van der Waals surface area contributed by atoms with Crippen molar-refractivity contribution in [3.8, 4) is 11.3 Å². The molecule has 0 aliphatic carbocycles. The number of furan rings is 1. The van der Waals surface area contributed by atoms with E-state index in [0.717, 1.165) is 17.3 Å². The second kappa shape index (κ2) is 6.51. The predicted molar refractivity (Wildman–Crippen MR) is 102 cm³/mol. The van der Waals surface area contributed by atoms with E-state index in [-0.39, 0.29) is 11.1 Å². The molecule has 1 aliphatic heterocycles. The Balaban J connectivity index is 1.62. The highest BCUT2D eigenvalue weighted by Gasteiger charge is 2.35. The Morgan fingerprint density at radius 1 is 1.28 bits per heavy atom. The number of carbonyl (C=O) groups excluding carboxylic acids is 1. The summed E-state index contributed by atoms with van der Waals surface area (Å²) in [5, 5.41) is 11.0. The van der Waals surface area contributed by atoms with Crippen LogP contribution in [0, 0.1) is 5.41 Å². The van der Waals surface area contributed by atoms with Crippen LogP contribution in [0.15, 0.2) is 57.3 Å². The number of hydrogen-bond acceptors (Lipinski definition) is 6. The van der Waals surface area contributed by atoms with Gasteiger partial charge >= 0.3 is 0 Å². The molecule has 4 rings (SSSR count). The van der Waals surface area contributed by atoms with Crippen molar-refractivity contribution in [2.45, 2.75) is 0 Å². The summed E-state index contributed by atoms with van der Waals surface area (Å²) in [6.45, 7) is 0. The number of hydrogen-bond donors (Lipinski definition) is 1. The maximum Gasteiger partial charge on any atom is 0.273 e. The van der Waals surface area contributed by atoms with Crippen LogP contribution >= 0.6 is 34.7 Å². The molecule has 3 heterocycles. The van der Waals surface area contributed by atoms with Gasteiger partial charge in [0.1, 0.15) is 11.5 Å². The number of benzene rings is 1. The molecule has 2 aromatic heterocycles. The fourth-order valence-corrected chi connectivity index (χ4v) is 4.06. The molecule has 1 N–H and O–H groups in total. The zero-order chi connectivity index (χ0) is 17.4. The first-order valence-corrected chi connectivity index (χ1v) is 9.27. The minimum atomic E-state index is -0.273. The molecule has 0 unspecified atom stereocenters. The van der Waals surface area contributed by atoms with Crippen LogP contribution in [0.1, 0.15) is 5.76 Å². The monoisotopic (exact) mass is 387 g/mol. The van der Waals surface area contributed by atoms with Gasteiger partial charge in [-0.3, -0.25) is 10.2 Å². The van der Waals surface area contributed by atoms with E-state index in [2.05, 4.69) is 4.98 Å². The third-order valence-electron chi connectivity index (χ3n) is 3.44. The van der Waals surface area contributed by atoms with E-state index >= 15 is 0 Å². The van der Waals surface area contributed by atoms with E-state index in [1.807, 2.05) is 24.3 Å². The van der Waals surface area contributed by atoms with E-state index in [9.17, 15) is 4.79 Å². The largest absolute Gasteiger partial charge is 0.457 e. The predicted octanol–water partition coefficient (Wildman–Crippen LogP) is 5.11. The highest BCUT2D eigenvalue weighted by Crippen LogP contribution is 2.36. The van der Waals surface area contributed by atoms with Gasteiger partial charge in [-0.05, 0) is 36.0 Å². The summed E-state index contributed by atoms with van der Waals surface area (Å²) in [6, 6.07) is 11.0. The maximum absolute atomic E-state index is 12.5. The number of aromatic nitrogens is 1. The zero-order valence-electron chi connectivity index (χ0n) is 12.6. The number of anilines is 1. The Kier molecular flexibility index (Phi) is 4.20. The molecule has 0 saturated carbocycles. The topological polar surface area (TPSA) is 70.2 Å². The molecule has 0 radical (unpaired) electrons. The van der Waals surface area contributed by atoms with Crippen LogP contribution in [-0.2, 0) is 4.79 Å². The number of amides is 1. The summed E-state index contributed by atoms with van der Waals surface area (Å²) in [4.78, 5) is 18.4. The van der Waals surface area contributed by atoms with Gasteiger partial charge in [-0.1, -0.05) is 23.7 Å².